The van der Waals surface area contributed by atoms with Crippen molar-refractivity contribution >= 4 is 11.6 Å². The number of nitrogens with one attached hydrogen (secondary N) is 1. The lowest BCUT2D eigenvalue weighted by Crippen LogP contribution is -2.29. The average molecular weight is 279 g/mol. The van der Waals surface area contributed by atoms with Gasteiger partial charge in [0.15, 0.2) is 0 Å². The largest absolute Gasteiger partial charge is 0.480 e. The molecule has 5 nitrogen and oxygen atoms in total. The second-order valence-electron chi connectivity index (χ2n) is 4.11. The number of rotatable bonds is 4. The summed E-state index contributed by atoms with van der Waals surface area (Å²) in [5.74, 6) is 6.06. The third kappa shape index (κ3) is 3.01. The topological polar surface area (TPSA) is 73.1 Å². The summed E-state index contributed by atoms with van der Waals surface area (Å²) in [6.45, 7) is 1.95. The molecule has 1 heterocycles. The molecule has 100 valence electrons. The number of nitrogens with zero attached hydrogens (tertiary/aromatic N) is 2. The van der Waals surface area contributed by atoms with Gasteiger partial charge in [0.25, 0.3) is 0 Å². The minimum absolute atomic E-state index is 0.267. The quantitative estimate of drug-likeness (QED) is 0.661. The van der Waals surface area contributed by atoms with Crippen LogP contribution in [0.2, 0.25) is 5.02 Å². The molecule has 2 rings (SSSR count). The summed E-state index contributed by atoms with van der Waals surface area (Å²) in [6.07, 6.45) is 0. The molecule has 3 N–H and O–H groups in total. The molecule has 0 amide bonds. The number of hydrogen-bond acceptors (Lipinski definition) is 5. The fraction of sp³-hybridized carbons (Fsp3) is 0.231. The molecule has 0 spiro atoms. The van der Waals surface area contributed by atoms with E-state index in [4.69, 9.17) is 22.2 Å². The standard InChI is InChI=1S/C13H15ClN4O/c1-8-3-4-9(7-10(8)14)13(16-15)11-5-6-12(19-2)18-17-11/h3-7,13,16H,15H2,1-2H3. The monoisotopic (exact) mass is 278 g/mol. The predicted molar refractivity (Wildman–Crippen MR) is 73.9 cm³/mol. The van der Waals surface area contributed by atoms with Crippen LogP contribution in [-0.2, 0) is 0 Å². The van der Waals surface area contributed by atoms with Gasteiger partial charge in [-0.1, -0.05) is 23.7 Å². The Morgan fingerprint density at radius 1 is 1.26 bits per heavy atom. The van der Waals surface area contributed by atoms with Crippen molar-refractivity contribution in [1.82, 2.24) is 15.6 Å². The van der Waals surface area contributed by atoms with Crippen LogP contribution in [0.4, 0.5) is 0 Å². The molecule has 1 unspecified atom stereocenters. The zero-order chi connectivity index (χ0) is 13.8. The van der Waals surface area contributed by atoms with E-state index in [1.165, 1.54) is 0 Å². The lowest BCUT2D eigenvalue weighted by Gasteiger charge is -2.16. The Balaban J connectivity index is 2.34. The van der Waals surface area contributed by atoms with Crippen LogP contribution < -0.4 is 16.0 Å². The van der Waals surface area contributed by atoms with Crippen LogP contribution in [0.3, 0.4) is 0 Å². The molecule has 0 fully saturated rings. The van der Waals surface area contributed by atoms with E-state index in [1.54, 1.807) is 13.2 Å². The van der Waals surface area contributed by atoms with Gasteiger partial charge >= 0.3 is 0 Å². The fourth-order valence-corrected chi connectivity index (χ4v) is 1.92. The van der Waals surface area contributed by atoms with E-state index in [0.29, 0.717) is 16.6 Å². The number of benzene rings is 1. The molecule has 0 aliphatic rings. The van der Waals surface area contributed by atoms with E-state index in [2.05, 4.69) is 15.6 Å². The van der Waals surface area contributed by atoms with Crippen LogP contribution in [0.5, 0.6) is 5.88 Å². The molecule has 0 radical (unpaired) electrons. The van der Waals surface area contributed by atoms with Gasteiger partial charge in [-0.3, -0.25) is 5.84 Å². The number of hydrazine groups is 1. The van der Waals surface area contributed by atoms with Crippen molar-refractivity contribution in [2.75, 3.05) is 7.11 Å². The number of methoxy groups -OCH3 is 1. The van der Waals surface area contributed by atoms with Crippen molar-refractivity contribution < 1.29 is 4.74 Å². The van der Waals surface area contributed by atoms with Crippen LogP contribution in [-0.4, -0.2) is 17.3 Å². The van der Waals surface area contributed by atoms with Crippen molar-refractivity contribution in [3.8, 4) is 5.88 Å². The first-order valence-electron chi connectivity index (χ1n) is 5.75. The molecule has 1 aromatic heterocycles. The molecule has 0 saturated carbocycles. The first-order valence-corrected chi connectivity index (χ1v) is 6.13. The normalized spacial score (nSPS) is 12.2. The molecule has 0 aliphatic carbocycles. The molecular formula is C13H15ClN4O. The lowest BCUT2D eigenvalue weighted by molar-refractivity contribution is 0.390. The number of hydrogen-bond donors (Lipinski definition) is 2. The summed E-state index contributed by atoms with van der Waals surface area (Å²) >= 11 is 6.13. The third-order valence-corrected chi connectivity index (χ3v) is 3.27. The summed E-state index contributed by atoms with van der Waals surface area (Å²) < 4.78 is 4.98. The van der Waals surface area contributed by atoms with Crippen molar-refractivity contribution in [2.45, 2.75) is 13.0 Å². The Bertz CT molecular complexity index is 559. The zero-order valence-electron chi connectivity index (χ0n) is 10.7. The maximum atomic E-state index is 6.13. The van der Waals surface area contributed by atoms with Gasteiger partial charge in [-0.2, -0.15) is 0 Å². The van der Waals surface area contributed by atoms with Gasteiger partial charge < -0.3 is 4.74 Å². The lowest BCUT2D eigenvalue weighted by atomic mass is 10.0. The number of nitrogens with two attached hydrogens (primary N) is 1. The van der Waals surface area contributed by atoms with E-state index in [-0.39, 0.29) is 6.04 Å². The molecule has 0 bridgehead atoms. The highest BCUT2D eigenvalue weighted by molar-refractivity contribution is 6.31. The Morgan fingerprint density at radius 2 is 2.05 bits per heavy atom. The van der Waals surface area contributed by atoms with Crippen LogP contribution in [0.25, 0.3) is 0 Å². The van der Waals surface area contributed by atoms with Gasteiger partial charge in [0.2, 0.25) is 5.88 Å². The average Bonchev–Trinajstić information content (AvgIpc) is 2.44. The van der Waals surface area contributed by atoms with Crippen molar-refractivity contribution in [3.05, 3.63) is 52.2 Å². The van der Waals surface area contributed by atoms with Crippen LogP contribution >= 0.6 is 11.6 Å². The molecule has 6 heteroatoms. The zero-order valence-corrected chi connectivity index (χ0v) is 11.5. The minimum atomic E-state index is -0.267. The van der Waals surface area contributed by atoms with Gasteiger partial charge in [0.05, 0.1) is 18.8 Å². The third-order valence-electron chi connectivity index (χ3n) is 2.86. The maximum absolute atomic E-state index is 6.13. The fourth-order valence-electron chi connectivity index (χ4n) is 1.73. The maximum Gasteiger partial charge on any atom is 0.233 e. The Labute approximate surface area is 116 Å². The molecular weight excluding hydrogens is 264 g/mol. The molecule has 2 aromatic rings. The van der Waals surface area contributed by atoms with Gasteiger partial charge in [-0.25, -0.2) is 5.43 Å². The van der Waals surface area contributed by atoms with Gasteiger partial charge in [-0.05, 0) is 30.2 Å². The second kappa shape index (κ2) is 5.97. The molecule has 19 heavy (non-hydrogen) atoms. The summed E-state index contributed by atoms with van der Waals surface area (Å²) in [7, 11) is 1.54. The summed E-state index contributed by atoms with van der Waals surface area (Å²) in [5, 5.41) is 8.71. The van der Waals surface area contributed by atoms with Gasteiger partial charge in [0, 0.05) is 11.1 Å². The van der Waals surface area contributed by atoms with Gasteiger partial charge in [-0.15, -0.1) is 10.2 Å². The minimum Gasteiger partial charge on any atom is -0.480 e. The smallest absolute Gasteiger partial charge is 0.233 e. The Morgan fingerprint density at radius 3 is 2.58 bits per heavy atom. The number of aromatic nitrogens is 2. The van der Waals surface area contributed by atoms with Crippen LogP contribution in [0, 0.1) is 6.92 Å². The van der Waals surface area contributed by atoms with E-state index in [9.17, 15) is 0 Å². The first-order chi connectivity index (χ1) is 9.15. The molecule has 0 aliphatic heterocycles. The van der Waals surface area contributed by atoms with Crippen molar-refractivity contribution in [3.63, 3.8) is 0 Å². The highest BCUT2D eigenvalue weighted by Gasteiger charge is 2.15. The summed E-state index contributed by atoms with van der Waals surface area (Å²) in [4.78, 5) is 0. The van der Waals surface area contributed by atoms with Gasteiger partial charge in [0.1, 0.15) is 0 Å². The number of halogens is 1. The summed E-state index contributed by atoms with van der Waals surface area (Å²) in [6, 6.07) is 9.05. The first kappa shape index (κ1) is 13.7. The molecule has 1 atom stereocenters. The second-order valence-corrected chi connectivity index (χ2v) is 4.52. The molecule has 1 aromatic carbocycles. The predicted octanol–water partition coefficient (Wildman–Crippen LogP) is 2.00. The van der Waals surface area contributed by atoms with Crippen molar-refractivity contribution in [2.24, 2.45) is 5.84 Å². The number of aryl methyl sites for hydroxylation is 1. The summed E-state index contributed by atoms with van der Waals surface area (Å²) in [5.41, 5.74) is 5.36. The van der Waals surface area contributed by atoms with E-state index >= 15 is 0 Å². The Hall–Kier alpha value is -1.69. The SMILES string of the molecule is COc1ccc(C(NN)c2ccc(C)c(Cl)c2)nn1. The highest BCUT2D eigenvalue weighted by atomic mass is 35.5. The van der Waals surface area contributed by atoms with E-state index < -0.39 is 0 Å². The molecule has 0 saturated heterocycles. The Kier molecular flexibility index (Phi) is 4.31. The van der Waals surface area contributed by atoms with E-state index in [0.717, 1.165) is 11.1 Å². The van der Waals surface area contributed by atoms with Crippen molar-refractivity contribution in [1.29, 1.82) is 0 Å². The van der Waals surface area contributed by atoms with Crippen LogP contribution in [0.15, 0.2) is 30.3 Å². The van der Waals surface area contributed by atoms with E-state index in [1.807, 2.05) is 31.2 Å². The highest BCUT2D eigenvalue weighted by Crippen LogP contribution is 2.24. The number of ether oxygens (including phenoxy) is 1. The van der Waals surface area contributed by atoms with Crippen LogP contribution in [0.1, 0.15) is 22.9 Å².